The number of piperidine rings is 1. The van der Waals surface area contributed by atoms with Crippen LogP contribution in [-0.2, 0) is 14.3 Å². The Morgan fingerprint density at radius 1 is 1.44 bits per heavy atom. The van der Waals surface area contributed by atoms with E-state index in [9.17, 15) is 26.4 Å². The minimum Gasteiger partial charge on any atom is -0.465 e. The van der Waals surface area contributed by atoms with Crippen molar-refractivity contribution in [2.24, 2.45) is 0 Å². The molecule has 10 heteroatoms. The van der Waals surface area contributed by atoms with Gasteiger partial charge in [0.15, 0.2) is 0 Å². The summed E-state index contributed by atoms with van der Waals surface area (Å²) in [5.41, 5.74) is 0. The van der Waals surface area contributed by atoms with E-state index in [1.807, 2.05) is 0 Å². The topological polar surface area (TPSA) is 83.9 Å². The summed E-state index contributed by atoms with van der Waals surface area (Å²) in [4.78, 5) is 10.9. The fourth-order valence-electron chi connectivity index (χ4n) is 1.81. The molecule has 1 saturated heterocycles. The summed E-state index contributed by atoms with van der Waals surface area (Å²) in [5, 5.41) is 8.66. The molecule has 0 aromatic carbocycles. The Morgan fingerprint density at radius 3 is 2.39 bits per heavy atom. The highest BCUT2D eigenvalue weighted by Crippen LogP contribution is 2.33. The number of carbonyl (C=O) groups is 1. The second kappa shape index (κ2) is 4.92. The summed E-state index contributed by atoms with van der Waals surface area (Å²) in [6.07, 6.45) is -7.66. The Bertz CT molecular complexity index is 421. The summed E-state index contributed by atoms with van der Waals surface area (Å²) >= 11 is 0. The summed E-state index contributed by atoms with van der Waals surface area (Å²) in [5.74, 6) is 0. The SMILES string of the molecule is CS(=O)(=O)O[C@@H]1CCN(C(=O)O)[C@H](C(F)(F)F)C1. The number of alkyl halides is 3. The van der Waals surface area contributed by atoms with E-state index in [4.69, 9.17) is 5.11 Å². The summed E-state index contributed by atoms with van der Waals surface area (Å²) in [7, 11) is -3.86. The van der Waals surface area contributed by atoms with E-state index >= 15 is 0 Å². The molecule has 0 spiro atoms. The molecule has 0 aromatic heterocycles. The predicted molar refractivity (Wildman–Crippen MR) is 53.5 cm³/mol. The van der Waals surface area contributed by atoms with Gasteiger partial charge in [-0.15, -0.1) is 0 Å². The van der Waals surface area contributed by atoms with Gasteiger partial charge in [0.1, 0.15) is 6.04 Å². The molecule has 2 atom stereocenters. The Labute approximate surface area is 101 Å². The third kappa shape index (κ3) is 4.02. The lowest BCUT2D eigenvalue weighted by Crippen LogP contribution is -2.54. The van der Waals surface area contributed by atoms with Gasteiger partial charge in [-0.3, -0.25) is 9.08 Å². The first-order valence-electron chi connectivity index (χ1n) is 4.95. The van der Waals surface area contributed by atoms with Crippen LogP contribution < -0.4 is 0 Å². The second-order valence-electron chi connectivity index (χ2n) is 3.98. The average molecular weight is 291 g/mol. The van der Waals surface area contributed by atoms with Gasteiger partial charge in [0.2, 0.25) is 0 Å². The van der Waals surface area contributed by atoms with Crippen molar-refractivity contribution in [3.05, 3.63) is 0 Å². The molecule has 0 aromatic rings. The molecule has 1 fully saturated rings. The maximum atomic E-state index is 12.6. The number of halogens is 3. The van der Waals surface area contributed by atoms with Gasteiger partial charge in [0.05, 0.1) is 12.4 Å². The van der Waals surface area contributed by atoms with Crippen LogP contribution in [0.25, 0.3) is 0 Å². The normalized spacial score (nSPS) is 26.1. The maximum absolute atomic E-state index is 12.6. The van der Waals surface area contributed by atoms with E-state index in [-0.39, 0.29) is 11.3 Å². The number of hydrogen-bond acceptors (Lipinski definition) is 4. The monoisotopic (exact) mass is 291 g/mol. The largest absolute Gasteiger partial charge is 0.465 e. The first kappa shape index (κ1) is 15.0. The van der Waals surface area contributed by atoms with Crippen LogP contribution in [0.4, 0.5) is 18.0 Å². The summed E-state index contributed by atoms with van der Waals surface area (Å²) in [6, 6.07) is -2.24. The van der Waals surface area contributed by atoms with E-state index in [1.165, 1.54) is 0 Å². The number of amides is 1. The van der Waals surface area contributed by atoms with E-state index < -0.39 is 47.5 Å². The summed E-state index contributed by atoms with van der Waals surface area (Å²) in [6.45, 7) is -0.417. The van der Waals surface area contributed by atoms with Crippen LogP contribution in [0.3, 0.4) is 0 Å². The zero-order valence-corrected chi connectivity index (χ0v) is 10.2. The number of hydrogen-bond donors (Lipinski definition) is 1. The molecule has 6 nitrogen and oxygen atoms in total. The van der Waals surface area contributed by atoms with Crippen LogP contribution >= 0.6 is 0 Å². The number of nitrogens with zero attached hydrogens (tertiary/aromatic N) is 1. The van der Waals surface area contributed by atoms with E-state index in [2.05, 4.69) is 4.18 Å². The minimum absolute atomic E-state index is 0.0913. The molecule has 1 rings (SSSR count). The minimum atomic E-state index is -4.75. The van der Waals surface area contributed by atoms with Crippen molar-refractivity contribution < 1.29 is 35.7 Å². The first-order valence-corrected chi connectivity index (χ1v) is 6.77. The highest BCUT2D eigenvalue weighted by atomic mass is 32.2. The lowest BCUT2D eigenvalue weighted by atomic mass is 9.99. The molecule has 0 saturated carbocycles. The molecule has 1 N–H and O–H groups in total. The average Bonchev–Trinajstić information content (AvgIpc) is 2.13. The molecule has 106 valence electrons. The van der Waals surface area contributed by atoms with Crippen LogP contribution in [0, 0.1) is 0 Å². The Morgan fingerprint density at radius 2 is 2.00 bits per heavy atom. The molecule has 1 amide bonds. The van der Waals surface area contributed by atoms with Gasteiger partial charge in [-0.05, 0) is 6.42 Å². The number of rotatable bonds is 2. The van der Waals surface area contributed by atoms with Crippen molar-refractivity contribution in [1.82, 2.24) is 4.90 Å². The first-order chi connectivity index (χ1) is 8.00. The molecule has 0 aliphatic carbocycles. The van der Waals surface area contributed by atoms with Crippen molar-refractivity contribution in [2.75, 3.05) is 12.8 Å². The molecule has 0 unspecified atom stereocenters. The van der Waals surface area contributed by atoms with Gasteiger partial charge in [-0.25, -0.2) is 4.79 Å². The lowest BCUT2D eigenvalue weighted by Gasteiger charge is -2.37. The van der Waals surface area contributed by atoms with Gasteiger partial charge in [0, 0.05) is 13.0 Å². The highest BCUT2D eigenvalue weighted by Gasteiger charge is 2.49. The van der Waals surface area contributed by atoms with Gasteiger partial charge in [0.25, 0.3) is 10.1 Å². The fraction of sp³-hybridized carbons (Fsp3) is 0.875. The molecule has 1 aliphatic heterocycles. The quantitative estimate of drug-likeness (QED) is 0.768. The highest BCUT2D eigenvalue weighted by molar-refractivity contribution is 7.86. The van der Waals surface area contributed by atoms with Gasteiger partial charge >= 0.3 is 12.3 Å². The Kier molecular flexibility index (Phi) is 4.11. The molecule has 1 heterocycles. The van der Waals surface area contributed by atoms with Gasteiger partial charge in [-0.2, -0.15) is 21.6 Å². The van der Waals surface area contributed by atoms with E-state index in [0.717, 1.165) is 6.26 Å². The zero-order valence-electron chi connectivity index (χ0n) is 9.35. The van der Waals surface area contributed by atoms with Crippen LogP contribution in [0.2, 0.25) is 0 Å². The van der Waals surface area contributed by atoms with Crippen LogP contribution in [0.1, 0.15) is 12.8 Å². The molecule has 0 radical (unpaired) electrons. The maximum Gasteiger partial charge on any atom is 0.409 e. The fourth-order valence-corrected chi connectivity index (χ4v) is 2.48. The van der Waals surface area contributed by atoms with Gasteiger partial charge in [-0.1, -0.05) is 0 Å². The Hall–Kier alpha value is -1.03. The third-order valence-electron chi connectivity index (χ3n) is 2.49. The molecular formula is C8H12F3NO5S. The zero-order chi connectivity index (χ0) is 14.1. The van der Waals surface area contributed by atoms with Crippen molar-refractivity contribution in [3.8, 4) is 0 Å². The number of carboxylic acid groups (broad SMARTS) is 1. The molecule has 1 aliphatic rings. The number of likely N-dealkylation sites (tertiary alicyclic amines) is 1. The van der Waals surface area contributed by atoms with E-state index in [0.29, 0.717) is 0 Å². The predicted octanol–water partition coefficient (Wildman–Crippen LogP) is 1.04. The van der Waals surface area contributed by atoms with Crippen LogP contribution in [0.5, 0.6) is 0 Å². The standard InChI is InChI=1S/C8H12F3NO5S/c1-18(15,16)17-5-2-3-12(7(13)14)6(4-5)8(9,10)11/h5-6H,2-4H2,1H3,(H,13,14)/t5-,6+/m1/s1. The molecule has 0 bridgehead atoms. The smallest absolute Gasteiger partial charge is 0.409 e. The van der Waals surface area contributed by atoms with Crippen LogP contribution in [-0.4, -0.2) is 55.6 Å². The van der Waals surface area contributed by atoms with Crippen molar-refractivity contribution in [2.45, 2.75) is 31.2 Å². The van der Waals surface area contributed by atoms with E-state index in [1.54, 1.807) is 0 Å². The van der Waals surface area contributed by atoms with Gasteiger partial charge < -0.3 is 5.11 Å². The van der Waals surface area contributed by atoms with Crippen molar-refractivity contribution >= 4 is 16.2 Å². The lowest BCUT2D eigenvalue weighted by molar-refractivity contribution is -0.191. The summed E-state index contributed by atoms with van der Waals surface area (Å²) < 4.78 is 64.1. The second-order valence-corrected chi connectivity index (χ2v) is 5.58. The molecular weight excluding hydrogens is 279 g/mol. The van der Waals surface area contributed by atoms with Crippen molar-refractivity contribution in [3.63, 3.8) is 0 Å². The molecule has 18 heavy (non-hydrogen) atoms. The Balaban J connectivity index is 2.83. The third-order valence-corrected chi connectivity index (χ3v) is 3.11. The van der Waals surface area contributed by atoms with Crippen molar-refractivity contribution in [1.29, 1.82) is 0 Å². The van der Waals surface area contributed by atoms with Crippen LogP contribution in [0.15, 0.2) is 0 Å².